The van der Waals surface area contributed by atoms with Crippen LogP contribution in [0.4, 0.5) is 5.69 Å². The van der Waals surface area contributed by atoms with Gasteiger partial charge < -0.3 is 19.4 Å². The lowest BCUT2D eigenvalue weighted by Crippen LogP contribution is -2.42. The van der Waals surface area contributed by atoms with Crippen molar-refractivity contribution in [3.63, 3.8) is 0 Å². The molecule has 2 aromatic rings. The summed E-state index contributed by atoms with van der Waals surface area (Å²) in [4.78, 5) is 28.5. The lowest BCUT2D eigenvalue weighted by Gasteiger charge is -2.29. The van der Waals surface area contributed by atoms with Crippen LogP contribution in [0.15, 0.2) is 30.0 Å². The van der Waals surface area contributed by atoms with Crippen LogP contribution < -0.4 is 5.32 Å². The Morgan fingerprint density at radius 2 is 1.84 bits per heavy atom. The fourth-order valence-electron chi connectivity index (χ4n) is 2.76. The van der Waals surface area contributed by atoms with Crippen LogP contribution in [-0.4, -0.2) is 27.3 Å². The van der Waals surface area contributed by atoms with E-state index in [2.05, 4.69) is 28.7 Å². The molecule has 25 heavy (non-hydrogen) atoms. The van der Waals surface area contributed by atoms with Gasteiger partial charge in [0.15, 0.2) is 5.57 Å². The van der Waals surface area contributed by atoms with Gasteiger partial charge in [0.25, 0.3) is 5.79 Å². The summed E-state index contributed by atoms with van der Waals surface area (Å²) in [6.45, 7) is 7.20. The zero-order chi connectivity index (χ0) is 18.4. The van der Waals surface area contributed by atoms with Gasteiger partial charge in [0.2, 0.25) is 0 Å². The topological polar surface area (TPSA) is 82.5 Å². The van der Waals surface area contributed by atoms with E-state index in [9.17, 15) is 9.59 Å². The van der Waals surface area contributed by atoms with E-state index >= 15 is 0 Å². The van der Waals surface area contributed by atoms with Crippen molar-refractivity contribution in [3.8, 4) is 0 Å². The van der Waals surface area contributed by atoms with Gasteiger partial charge >= 0.3 is 11.9 Å². The van der Waals surface area contributed by atoms with Crippen LogP contribution in [0.2, 0.25) is 0 Å². The van der Waals surface area contributed by atoms with Gasteiger partial charge in [-0.15, -0.1) is 0 Å². The Bertz CT molecular complexity index is 871. The number of aromatic nitrogens is 2. The zero-order valence-electron chi connectivity index (χ0n) is 14.9. The first-order valence-corrected chi connectivity index (χ1v) is 8.08. The lowest BCUT2D eigenvalue weighted by atomic mass is 10.2. The van der Waals surface area contributed by atoms with Crippen LogP contribution in [0, 0.1) is 0 Å². The van der Waals surface area contributed by atoms with Crippen molar-refractivity contribution < 1.29 is 19.1 Å². The van der Waals surface area contributed by atoms with Gasteiger partial charge in [-0.2, -0.15) is 0 Å². The molecule has 0 radical (unpaired) electrons. The molecule has 0 spiro atoms. The number of esters is 2. The second-order valence-electron chi connectivity index (χ2n) is 6.77. The summed E-state index contributed by atoms with van der Waals surface area (Å²) in [5.74, 6) is -1.37. The largest absolute Gasteiger partial charge is 0.419 e. The van der Waals surface area contributed by atoms with E-state index in [-0.39, 0.29) is 5.57 Å². The molecule has 1 N–H and O–H groups in total. The van der Waals surface area contributed by atoms with Crippen molar-refractivity contribution >= 4 is 28.7 Å². The van der Waals surface area contributed by atoms with Crippen LogP contribution in [0.3, 0.4) is 0 Å². The molecule has 1 saturated heterocycles. The third kappa shape index (κ3) is 3.22. The summed E-state index contributed by atoms with van der Waals surface area (Å²) in [6.07, 6.45) is 1.30. The van der Waals surface area contributed by atoms with Crippen LogP contribution >= 0.6 is 0 Å². The number of nitrogens with one attached hydrogen (secondary N) is 1. The Hall–Kier alpha value is -2.83. The minimum absolute atomic E-state index is 0.177. The molecular weight excluding hydrogens is 322 g/mol. The second-order valence-corrected chi connectivity index (χ2v) is 6.77. The van der Waals surface area contributed by atoms with Gasteiger partial charge in [0.05, 0.1) is 11.0 Å². The van der Waals surface area contributed by atoms with Crippen molar-refractivity contribution in [2.75, 3.05) is 5.32 Å². The smallest absolute Gasteiger partial charge is 0.350 e. The summed E-state index contributed by atoms with van der Waals surface area (Å²) in [7, 11) is 1.98. The number of nitrogens with zero attached hydrogens (tertiary/aromatic N) is 2. The number of anilines is 1. The number of carbonyl (C=O) groups is 2. The molecule has 0 saturated carbocycles. The van der Waals surface area contributed by atoms with E-state index in [0.717, 1.165) is 16.9 Å². The Balaban J connectivity index is 1.86. The molecule has 0 atom stereocenters. The highest BCUT2D eigenvalue weighted by molar-refractivity contribution is 6.15. The van der Waals surface area contributed by atoms with Crippen LogP contribution in [0.25, 0.3) is 11.0 Å². The number of cyclic esters (lactones) is 2. The quantitative estimate of drug-likeness (QED) is 0.524. The lowest BCUT2D eigenvalue weighted by molar-refractivity contribution is -0.222. The summed E-state index contributed by atoms with van der Waals surface area (Å²) in [5, 5.41) is 2.94. The molecule has 0 bridgehead atoms. The highest BCUT2D eigenvalue weighted by atomic mass is 16.7. The second kappa shape index (κ2) is 5.91. The number of benzene rings is 1. The van der Waals surface area contributed by atoms with Crippen molar-refractivity contribution in [2.24, 2.45) is 7.05 Å². The van der Waals surface area contributed by atoms with Crippen molar-refractivity contribution in [1.29, 1.82) is 0 Å². The molecule has 7 heteroatoms. The van der Waals surface area contributed by atoms with E-state index in [1.807, 2.05) is 25.2 Å². The van der Waals surface area contributed by atoms with Crippen LogP contribution in [0.5, 0.6) is 0 Å². The molecular formula is C18H21N3O4. The maximum absolute atomic E-state index is 11.9. The van der Waals surface area contributed by atoms with Crippen molar-refractivity contribution in [1.82, 2.24) is 9.55 Å². The van der Waals surface area contributed by atoms with Gasteiger partial charge in [-0.25, -0.2) is 14.6 Å². The third-order valence-corrected chi connectivity index (χ3v) is 3.93. The maximum atomic E-state index is 11.9. The molecule has 0 unspecified atom stereocenters. The van der Waals surface area contributed by atoms with Gasteiger partial charge in [0, 0.05) is 38.7 Å². The Morgan fingerprint density at radius 3 is 2.44 bits per heavy atom. The minimum Gasteiger partial charge on any atom is -0.419 e. The highest BCUT2D eigenvalue weighted by Gasteiger charge is 2.38. The predicted molar refractivity (Wildman–Crippen MR) is 92.8 cm³/mol. The van der Waals surface area contributed by atoms with Gasteiger partial charge in [-0.3, -0.25) is 0 Å². The number of hydrogen-bond acceptors (Lipinski definition) is 6. The fraction of sp³-hybridized carbons (Fsp3) is 0.389. The molecule has 7 nitrogen and oxygen atoms in total. The minimum atomic E-state index is -1.24. The van der Waals surface area contributed by atoms with Gasteiger partial charge in [-0.1, -0.05) is 13.8 Å². The molecule has 132 valence electrons. The zero-order valence-corrected chi connectivity index (χ0v) is 14.9. The highest BCUT2D eigenvalue weighted by Crippen LogP contribution is 2.25. The van der Waals surface area contributed by atoms with Gasteiger partial charge in [0.1, 0.15) is 5.82 Å². The van der Waals surface area contributed by atoms with Crippen molar-refractivity contribution in [3.05, 3.63) is 35.8 Å². The van der Waals surface area contributed by atoms with E-state index in [0.29, 0.717) is 11.6 Å². The molecule has 1 aliphatic heterocycles. The predicted octanol–water partition coefficient (Wildman–Crippen LogP) is 2.83. The molecule has 1 fully saturated rings. The SMILES string of the molecule is CC(C)c1nc2cc(NC=C3C(=O)OC(C)(C)OC3=O)ccc2n1C. The number of hydrogen-bond donors (Lipinski definition) is 1. The number of rotatable bonds is 3. The fourth-order valence-corrected chi connectivity index (χ4v) is 2.76. The molecule has 0 amide bonds. The van der Waals surface area contributed by atoms with E-state index in [4.69, 9.17) is 9.47 Å². The first-order valence-electron chi connectivity index (χ1n) is 8.08. The maximum Gasteiger partial charge on any atom is 0.350 e. The normalized spacial score (nSPS) is 16.8. The number of fused-ring (bicyclic) bond motifs is 1. The number of aryl methyl sites for hydroxylation is 1. The Kier molecular flexibility index (Phi) is 4.02. The Labute approximate surface area is 145 Å². The molecule has 1 aromatic carbocycles. The number of carbonyl (C=O) groups excluding carboxylic acids is 2. The Morgan fingerprint density at radius 1 is 1.20 bits per heavy atom. The number of imidazole rings is 1. The van der Waals surface area contributed by atoms with Crippen LogP contribution in [0.1, 0.15) is 39.4 Å². The first-order chi connectivity index (χ1) is 11.7. The monoisotopic (exact) mass is 343 g/mol. The average Bonchev–Trinajstić information content (AvgIpc) is 2.82. The molecule has 0 aliphatic carbocycles. The third-order valence-electron chi connectivity index (χ3n) is 3.93. The summed E-state index contributed by atoms with van der Waals surface area (Å²) >= 11 is 0. The van der Waals surface area contributed by atoms with E-state index in [1.54, 1.807) is 0 Å². The van der Waals surface area contributed by atoms with E-state index in [1.165, 1.54) is 20.0 Å². The molecule has 3 rings (SSSR count). The molecule has 2 heterocycles. The van der Waals surface area contributed by atoms with Crippen LogP contribution in [-0.2, 0) is 26.1 Å². The van der Waals surface area contributed by atoms with E-state index < -0.39 is 17.7 Å². The standard InChI is InChI=1S/C18H21N3O4/c1-10(2)15-20-13-8-11(6-7-14(13)21(15)5)19-9-12-16(22)24-18(3,4)25-17(12)23/h6-10,19H,1-5H3. The van der Waals surface area contributed by atoms with Crippen molar-refractivity contribution in [2.45, 2.75) is 39.4 Å². The molecule has 1 aromatic heterocycles. The first kappa shape index (κ1) is 17.0. The average molecular weight is 343 g/mol. The van der Waals surface area contributed by atoms with Gasteiger partial charge in [-0.05, 0) is 18.2 Å². The number of ether oxygens (including phenoxy) is 2. The molecule has 1 aliphatic rings. The summed E-state index contributed by atoms with van der Waals surface area (Å²) < 4.78 is 12.2. The summed E-state index contributed by atoms with van der Waals surface area (Å²) in [5.41, 5.74) is 2.38. The summed E-state index contributed by atoms with van der Waals surface area (Å²) in [6, 6.07) is 5.66.